The van der Waals surface area contributed by atoms with Crippen molar-refractivity contribution in [3.63, 3.8) is 0 Å². The fraction of sp³-hybridized carbons (Fsp3) is 0.392. The van der Waals surface area contributed by atoms with Gasteiger partial charge in [0, 0.05) is 46.4 Å². The highest BCUT2D eigenvalue weighted by Gasteiger charge is 2.52. The number of ether oxygens (including phenoxy) is 6. The van der Waals surface area contributed by atoms with Crippen molar-refractivity contribution < 1.29 is 113 Å². The summed E-state index contributed by atoms with van der Waals surface area (Å²) in [6.45, 7) is 10.2. The third-order valence-electron chi connectivity index (χ3n) is 19.5. The number of aromatic hydroxyl groups is 3. The number of amides is 7. The minimum absolute atomic E-state index is 0.0420. The molecule has 110 heavy (non-hydrogen) atoms. The van der Waals surface area contributed by atoms with Crippen molar-refractivity contribution in [2.45, 2.75) is 169 Å². The fourth-order valence-corrected chi connectivity index (χ4v) is 15.2. The second kappa shape index (κ2) is 32.1. The molecule has 0 aliphatic carbocycles. The van der Waals surface area contributed by atoms with Crippen LogP contribution in [0.2, 0.25) is 10.0 Å². The van der Waals surface area contributed by atoms with Crippen LogP contribution in [0.15, 0.2) is 102 Å². The molecule has 18 atom stereocenters. The minimum atomic E-state index is -2.34. The zero-order valence-electron chi connectivity index (χ0n) is 59.5. The van der Waals surface area contributed by atoms with Gasteiger partial charge >= 0.3 is 5.97 Å². The summed E-state index contributed by atoms with van der Waals surface area (Å²) in [5, 5.41) is 120. The molecule has 20 N–H and O–H groups in total. The van der Waals surface area contributed by atoms with Crippen molar-refractivity contribution in [1.82, 2.24) is 41.9 Å². The standard InChI is InChI=1S/C74H80Cl2N10O23S/c1-27(2)15-29(4)65(96)85-56-58(91)32-9-13-45(38(75)18-32)105-47-20-34-21-48(62(47)109-72-63(108-51-25-74(6,78)64(95)30(5)104-51)61(94)60(93)49(107-72)26-110-73-80-40-11-7-28(3)16-41(40)81-73)106-46-14-10-33(19-39(46)76)59(92)57-70(101)84-55(71(102)103)37-22-35(87)23-44(89)52(37)36-17-31(8-12-43(36)88)53(67(98)86-57)83-68(99)54(34)82-66(97)42(24-50(77)90)79-69(56)100/h7-14,16-23,27,29-30,42,49,51,53-61,63-64,72,87-89,91-95H,15,24-26,78H2,1-6H3,(H2,77,90)(H,79,100)(H,80,81)(H,82,97)(H,83,99)(H,84,101)(H,85,96)(H,86,98)(H,102,103)/t29-,30?,42-,49?,51?,53?,54+,55+,56+,57-,58+,59+,60?,61?,63?,64?,72?,74?/m0/s1. The van der Waals surface area contributed by atoms with Gasteiger partial charge in [-0.25, -0.2) is 9.78 Å². The molecule has 2 fully saturated rings. The van der Waals surface area contributed by atoms with Crippen LogP contribution in [-0.4, -0.2) is 182 Å². The molecular weight excluding hydrogens is 1500 g/mol. The average Bonchev–Trinajstić information content (AvgIpc) is 1.06. The van der Waals surface area contributed by atoms with Crippen LogP contribution in [-0.2, 0) is 52.6 Å². The van der Waals surface area contributed by atoms with E-state index in [1.54, 1.807) is 13.0 Å². The van der Waals surface area contributed by atoms with Gasteiger partial charge in [0.15, 0.2) is 35.1 Å². The zero-order valence-corrected chi connectivity index (χ0v) is 61.8. The van der Waals surface area contributed by atoms with Gasteiger partial charge in [-0.3, -0.25) is 33.6 Å². The number of fused-ring (bicyclic) bond motifs is 16. The number of aromatic amines is 1. The number of aliphatic carboxylic acids is 1. The lowest BCUT2D eigenvalue weighted by molar-refractivity contribution is -0.329. The van der Waals surface area contributed by atoms with Crippen molar-refractivity contribution in [2.24, 2.45) is 23.3 Å². The molecule has 7 aliphatic heterocycles. The minimum Gasteiger partial charge on any atom is -0.508 e. The van der Waals surface area contributed by atoms with Crippen LogP contribution < -0.4 is 57.6 Å². The Morgan fingerprint density at radius 2 is 1.35 bits per heavy atom. The molecule has 7 aromatic rings. The van der Waals surface area contributed by atoms with E-state index in [9.17, 15) is 69.9 Å². The smallest absolute Gasteiger partial charge is 0.330 e. The molecule has 0 spiro atoms. The Labute approximate surface area is 640 Å². The molecule has 10 unspecified atom stereocenters. The summed E-state index contributed by atoms with van der Waals surface area (Å²) in [6, 6.07) is 6.29. The number of carbonyl (C=O) groups excluding carboxylic acids is 7. The van der Waals surface area contributed by atoms with Crippen molar-refractivity contribution in [3.05, 3.63) is 140 Å². The number of hydrogen-bond donors (Lipinski definition) is 18. The number of aromatic nitrogens is 2. The highest BCUT2D eigenvalue weighted by atomic mass is 35.5. The summed E-state index contributed by atoms with van der Waals surface area (Å²) < 4.78 is 39.8. The Bertz CT molecular complexity index is 4800. The number of aliphatic hydroxyl groups is 5. The predicted octanol–water partition coefficient (Wildman–Crippen LogP) is 4.14. The maximum Gasteiger partial charge on any atom is 0.330 e. The number of carbonyl (C=O) groups is 8. The van der Waals surface area contributed by atoms with Gasteiger partial charge in [0.25, 0.3) is 0 Å². The number of aryl methyl sites for hydroxylation is 1. The summed E-state index contributed by atoms with van der Waals surface area (Å²) >= 11 is 15.4. The number of carboxylic acid groups (broad SMARTS) is 1. The lowest BCUT2D eigenvalue weighted by atomic mass is 9.86. The van der Waals surface area contributed by atoms with E-state index in [1.165, 1.54) is 38.1 Å². The number of halogens is 2. The molecule has 11 bridgehead atoms. The normalized spacial score (nSPS) is 28.0. The molecule has 7 amide bonds. The van der Waals surface area contributed by atoms with Gasteiger partial charge in [0.1, 0.15) is 83.4 Å². The molecule has 1 aromatic heterocycles. The number of nitrogens with zero attached hydrogens (tertiary/aromatic N) is 1. The Balaban J connectivity index is 1.09. The van der Waals surface area contributed by atoms with Gasteiger partial charge in [-0.1, -0.05) is 80.0 Å². The number of rotatable bonds is 14. The molecule has 0 radical (unpaired) electrons. The second-order valence-electron chi connectivity index (χ2n) is 28.5. The molecule has 584 valence electrons. The van der Waals surface area contributed by atoms with Crippen molar-refractivity contribution in [2.75, 3.05) is 5.75 Å². The largest absolute Gasteiger partial charge is 0.508 e. The monoisotopic (exact) mass is 1580 g/mol. The van der Waals surface area contributed by atoms with E-state index >= 15 is 14.4 Å². The third-order valence-corrected chi connectivity index (χ3v) is 21.0. The number of imidazole rings is 1. The number of carboxylic acids is 1. The number of nitrogens with one attached hydrogen (secondary N) is 7. The number of phenolic OH excluding ortho intramolecular Hbond substituents is 3. The van der Waals surface area contributed by atoms with E-state index in [1.807, 2.05) is 32.9 Å². The number of hydrogen-bond acceptors (Lipinski definition) is 25. The van der Waals surface area contributed by atoms with Crippen molar-refractivity contribution >= 4 is 93.3 Å². The summed E-state index contributed by atoms with van der Waals surface area (Å²) in [5.74, 6) is -16.5. The molecule has 2 saturated heterocycles. The number of nitrogens with two attached hydrogens (primary N) is 2. The number of H-pyrrole nitrogens is 1. The number of aliphatic hydroxyl groups excluding tert-OH is 5. The van der Waals surface area contributed by atoms with Gasteiger partial charge in [-0.2, -0.15) is 0 Å². The van der Waals surface area contributed by atoms with Gasteiger partial charge in [-0.15, -0.1) is 0 Å². The summed E-state index contributed by atoms with van der Waals surface area (Å²) in [4.78, 5) is 126. The topological polar surface area (TPSA) is 527 Å². The number of benzene rings is 6. The Morgan fingerprint density at radius 1 is 0.718 bits per heavy atom. The Kier molecular flexibility index (Phi) is 23.2. The van der Waals surface area contributed by atoms with E-state index in [4.69, 9.17) is 63.1 Å². The van der Waals surface area contributed by atoms with Gasteiger partial charge in [0.05, 0.1) is 45.8 Å². The molecule has 0 saturated carbocycles. The van der Waals surface area contributed by atoms with Crippen LogP contribution >= 0.6 is 35.0 Å². The van der Waals surface area contributed by atoms with Crippen LogP contribution in [0.5, 0.6) is 46.0 Å². The maximum atomic E-state index is 16.2. The van der Waals surface area contributed by atoms with Crippen LogP contribution in [0.3, 0.4) is 0 Å². The molecule has 14 rings (SSSR count). The van der Waals surface area contributed by atoms with E-state index in [-0.39, 0.29) is 51.3 Å². The average molecular weight is 1580 g/mol. The first-order valence-electron chi connectivity index (χ1n) is 34.8. The number of primary amides is 1. The highest BCUT2D eigenvalue weighted by Crippen LogP contribution is 2.50. The third kappa shape index (κ3) is 16.8. The molecular formula is C74H80Cl2N10O23S. The summed E-state index contributed by atoms with van der Waals surface area (Å²) in [7, 11) is 0. The van der Waals surface area contributed by atoms with Crippen LogP contribution in [0.4, 0.5) is 0 Å². The quantitative estimate of drug-likeness (QED) is 0.0680. The van der Waals surface area contributed by atoms with Crippen LogP contribution in [0.1, 0.15) is 118 Å². The van der Waals surface area contributed by atoms with Gasteiger partial charge < -0.3 is 123 Å². The molecule has 6 aromatic carbocycles. The molecule has 33 nitrogen and oxygen atoms in total. The first-order valence-corrected chi connectivity index (χ1v) is 36.5. The van der Waals surface area contributed by atoms with Crippen LogP contribution in [0.25, 0.3) is 22.2 Å². The molecule has 36 heteroatoms. The lowest BCUT2D eigenvalue weighted by Gasteiger charge is -2.47. The first-order chi connectivity index (χ1) is 52.0. The highest BCUT2D eigenvalue weighted by molar-refractivity contribution is 7.99. The van der Waals surface area contributed by atoms with E-state index in [0.717, 1.165) is 71.9 Å². The summed E-state index contributed by atoms with van der Waals surface area (Å²) in [6.07, 6.45) is -17.8. The predicted molar refractivity (Wildman–Crippen MR) is 390 cm³/mol. The zero-order chi connectivity index (χ0) is 79.4. The van der Waals surface area contributed by atoms with Gasteiger partial charge in [0.2, 0.25) is 53.4 Å². The number of thioether (sulfide) groups is 1. The van der Waals surface area contributed by atoms with E-state index in [2.05, 4.69) is 41.9 Å². The second-order valence-corrected chi connectivity index (χ2v) is 30.3. The van der Waals surface area contributed by atoms with E-state index in [0.29, 0.717) is 22.6 Å². The fourth-order valence-electron chi connectivity index (χ4n) is 13.8. The first kappa shape index (κ1) is 79.5. The maximum absolute atomic E-state index is 16.2. The summed E-state index contributed by atoms with van der Waals surface area (Å²) in [5.41, 5.74) is 10.5. The van der Waals surface area contributed by atoms with Gasteiger partial charge in [-0.05, 0) is 128 Å². The Morgan fingerprint density at radius 3 is 1.99 bits per heavy atom. The molecule has 8 heterocycles. The molecule has 7 aliphatic rings. The van der Waals surface area contributed by atoms with Crippen molar-refractivity contribution in [3.8, 4) is 57.1 Å². The van der Waals surface area contributed by atoms with Crippen molar-refractivity contribution in [1.29, 1.82) is 0 Å². The Hall–Kier alpha value is -10.1. The lowest BCUT2D eigenvalue weighted by Crippen LogP contribution is -2.64. The SMILES string of the molecule is Cc1ccc2nc(SCC3OC(Oc4c5cc6cc4Oc4ccc(cc4Cl)[C@@H](O)[C@@H](NC(=O)[C@@H](C)CC(C)C)C(=O)N[C@@H](CC(N)=O)C(=O)N[C@H]6C(=O)NC4C(=O)N[C@H](C(=O)N[C@@H](C(=O)O)c6cc(O)cc(O)c6-c6cc4ccc6O)[C@H](O)c4ccc(c(Cl)c4)O5)C(OC4CC(C)(N)C(O)C(C)O4)C(O)C3O)[nH]c2c1. The number of phenols is 3. The van der Waals surface area contributed by atoms with E-state index < -0.39 is 225 Å². The van der Waals surface area contributed by atoms with Crippen LogP contribution in [0, 0.1) is 18.8 Å².